The average Bonchev–Trinajstić information content (AvgIpc) is 3.15. The van der Waals surface area contributed by atoms with E-state index in [4.69, 9.17) is 0 Å². The lowest BCUT2D eigenvalue weighted by Gasteiger charge is -2.44. The van der Waals surface area contributed by atoms with Crippen molar-refractivity contribution >= 4 is 0 Å². The Kier molecular flexibility index (Phi) is 8.64. The van der Waals surface area contributed by atoms with Gasteiger partial charge in [-0.1, -0.05) is 76.3 Å². The van der Waals surface area contributed by atoms with Crippen molar-refractivity contribution in [2.45, 2.75) is 103 Å². The molecule has 3 heteroatoms. The first kappa shape index (κ1) is 26.2. The Bertz CT molecular complexity index is 812. The van der Waals surface area contributed by atoms with Crippen LogP contribution in [0.25, 0.3) is 0 Å². The fourth-order valence-electron chi connectivity index (χ4n) is 6.70. The molecule has 0 radical (unpaired) electrons. The molecule has 3 N–H and O–H groups in total. The molecule has 0 aromatic rings. The highest BCUT2D eigenvalue weighted by Crippen LogP contribution is 2.59. The summed E-state index contributed by atoms with van der Waals surface area (Å²) in [5, 5.41) is 30.7. The standard InChI is InChI=1S/C30H46O3/c1-6-30(33,7-2)18-9-8-11-21(3)26-15-16-27-23(12-10-17-29(26,27)5)13-14-24-19-25(31)20-28(32)22(24)4/h8-9,11,13-14,18,21,25-28,31-33H,4,6-7,10,12,15-17,19-20H2,1-3,5H3/b11-8+,18-9+,23-13+,24-14-/t21-,25+,26?,27-,28-,29+/m0/s1. The second-order valence-electron chi connectivity index (χ2n) is 11.1. The number of rotatable bonds is 7. The number of aliphatic hydroxyl groups excluding tert-OH is 2. The molecular formula is C30H46O3. The Hall–Kier alpha value is -1.42. The highest BCUT2D eigenvalue weighted by atomic mass is 16.3. The van der Waals surface area contributed by atoms with Crippen LogP contribution in [-0.2, 0) is 0 Å². The SMILES string of the molecule is C=C1/C(=C\C=C2/CCC[C@]3(C)C([C@@H](C)/C=C/C=C/C(O)(CC)CC)CC[C@@H]23)C[C@@H](O)C[C@@H]1O. The summed E-state index contributed by atoms with van der Waals surface area (Å²) in [6.45, 7) is 13.0. The fourth-order valence-corrected chi connectivity index (χ4v) is 6.70. The summed E-state index contributed by atoms with van der Waals surface area (Å²) < 4.78 is 0. The van der Waals surface area contributed by atoms with Gasteiger partial charge in [0.15, 0.2) is 0 Å². The molecule has 3 aliphatic carbocycles. The van der Waals surface area contributed by atoms with E-state index in [1.807, 2.05) is 26.0 Å². The molecule has 0 saturated heterocycles. The lowest BCUT2D eigenvalue weighted by molar-refractivity contribution is 0.0827. The molecule has 184 valence electrons. The molecule has 33 heavy (non-hydrogen) atoms. The van der Waals surface area contributed by atoms with Crippen molar-refractivity contribution in [1.82, 2.24) is 0 Å². The maximum atomic E-state index is 10.5. The zero-order valence-corrected chi connectivity index (χ0v) is 21.3. The third-order valence-corrected chi connectivity index (χ3v) is 9.09. The van der Waals surface area contributed by atoms with Crippen molar-refractivity contribution in [1.29, 1.82) is 0 Å². The zero-order valence-electron chi connectivity index (χ0n) is 21.3. The maximum Gasteiger partial charge on any atom is 0.0825 e. The molecule has 6 atom stereocenters. The molecular weight excluding hydrogens is 408 g/mol. The van der Waals surface area contributed by atoms with Crippen molar-refractivity contribution in [3.63, 3.8) is 0 Å². The van der Waals surface area contributed by atoms with Gasteiger partial charge in [-0.25, -0.2) is 0 Å². The molecule has 3 aliphatic rings. The van der Waals surface area contributed by atoms with E-state index in [-0.39, 0.29) is 0 Å². The van der Waals surface area contributed by atoms with Crippen LogP contribution < -0.4 is 0 Å². The van der Waals surface area contributed by atoms with Crippen LogP contribution in [-0.4, -0.2) is 33.1 Å². The summed E-state index contributed by atoms with van der Waals surface area (Å²) >= 11 is 0. The highest BCUT2D eigenvalue weighted by Gasteiger charge is 2.50. The summed E-state index contributed by atoms with van der Waals surface area (Å²) in [5.74, 6) is 1.77. The molecule has 3 rings (SSSR count). The summed E-state index contributed by atoms with van der Waals surface area (Å²) in [4.78, 5) is 0. The Labute approximate surface area is 201 Å². The van der Waals surface area contributed by atoms with E-state index in [0.717, 1.165) is 30.4 Å². The molecule has 0 aromatic heterocycles. The van der Waals surface area contributed by atoms with Crippen LogP contribution >= 0.6 is 0 Å². The Morgan fingerprint density at radius 3 is 2.58 bits per heavy atom. The molecule has 0 heterocycles. The Morgan fingerprint density at radius 1 is 1.15 bits per heavy atom. The molecule has 0 spiro atoms. The second-order valence-corrected chi connectivity index (χ2v) is 11.1. The zero-order chi connectivity index (χ0) is 24.2. The summed E-state index contributed by atoms with van der Waals surface area (Å²) in [6.07, 6.45) is 20.3. The van der Waals surface area contributed by atoms with Gasteiger partial charge in [0.2, 0.25) is 0 Å². The number of hydrogen-bond acceptors (Lipinski definition) is 3. The first-order valence-corrected chi connectivity index (χ1v) is 13.2. The first-order chi connectivity index (χ1) is 15.6. The predicted octanol–water partition coefficient (Wildman–Crippen LogP) is 6.43. The molecule has 0 aromatic carbocycles. The molecule has 3 saturated carbocycles. The van der Waals surface area contributed by atoms with Crippen LogP contribution in [0.15, 0.2) is 59.8 Å². The minimum atomic E-state index is -0.689. The van der Waals surface area contributed by atoms with Gasteiger partial charge in [0.25, 0.3) is 0 Å². The van der Waals surface area contributed by atoms with Gasteiger partial charge in [-0.15, -0.1) is 0 Å². The van der Waals surface area contributed by atoms with E-state index in [0.29, 0.717) is 36.0 Å². The van der Waals surface area contributed by atoms with Crippen molar-refractivity contribution in [2.24, 2.45) is 23.2 Å². The van der Waals surface area contributed by atoms with E-state index < -0.39 is 17.8 Å². The van der Waals surface area contributed by atoms with E-state index in [1.54, 1.807) is 0 Å². The molecule has 0 bridgehead atoms. The number of aliphatic hydroxyl groups is 3. The minimum absolute atomic E-state index is 0.312. The van der Waals surface area contributed by atoms with E-state index in [9.17, 15) is 15.3 Å². The molecule has 0 aliphatic heterocycles. The van der Waals surface area contributed by atoms with Crippen molar-refractivity contribution < 1.29 is 15.3 Å². The van der Waals surface area contributed by atoms with Crippen molar-refractivity contribution in [3.05, 3.63) is 59.8 Å². The quantitative estimate of drug-likeness (QED) is 0.389. The van der Waals surface area contributed by atoms with Gasteiger partial charge in [0.1, 0.15) is 0 Å². The third kappa shape index (κ3) is 5.81. The predicted molar refractivity (Wildman–Crippen MR) is 138 cm³/mol. The molecule has 3 nitrogen and oxygen atoms in total. The van der Waals surface area contributed by atoms with Crippen LogP contribution in [0.3, 0.4) is 0 Å². The summed E-state index contributed by atoms with van der Waals surface area (Å²) in [5.41, 5.74) is 2.92. The van der Waals surface area contributed by atoms with Crippen LogP contribution in [0.2, 0.25) is 0 Å². The Balaban J connectivity index is 1.72. The largest absolute Gasteiger partial charge is 0.393 e. The van der Waals surface area contributed by atoms with Gasteiger partial charge in [0.05, 0.1) is 17.8 Å². The number of hydrogen-bond donors (Lipinski definition) is 3. The minimum Gasteiger partial charge on any atom is -0.393 e. The van der Waals surface area contributed by atoms with Crippen LogP contribution in [0.5, 0.6) is 0 Å². The monoisotopic (exact) mass is 454 g/mol. The average molecular weight is 455 g/mol. The third-order valence-electron chi connectivity index (χ3n) is 9.09. The van der Waals surface area contributed by atoms with E-state index in [2.05, 4.69) is 44.7 Å². The number of fused-ring (bicyclic) bond motifs is 1. The summed E-state index contributed by atoms with van der Waals surface area (Å²) in [7, 11) is 0. The lowest BCUT2D eigenvalue weighted by Crippen LogP contribution is -2.35. The van der Waals surface area contributed by atoms with E-state index >= 15 is 0 Å². The summed E-state index contributed by atoms with van der Waals surface area (Å²) in [6, 6.07) is 0. The number of allylic oxidation sites excluding steroid dienone is 6. The van der Waals surface area contributed by atoms with E-state index in [1.165, 1.54) is 31.3 Å². The highest BCUT2D eigenvalue weighted by molar-refractivity contribution is 5.38. The van der Waals surface area contributed by atoms with Crippen molar-refractivity contribution in [3.8, 4) is 0 Å². The molecule has 1 unspecified atom stereocenters. The van der Waals surface area contributed by atoms with Gasteiger partial charge in [0, 0.05) is 6.42 Å². The maximum absolute atomic E-state index is 10.5. The van der Waals surface area contributed by atoms with Crippen LogP contribution in [0.1, 0.15) is 85.5 Å². The second kappa shape index (κ2) is 10.9. The fraction of sp³-hybridized carbons (Fsp3) is 0.667. The van der Waals surface area contributed by atoms with Gasteiger partial charge < -0.3 is 15.3 Å². The van der Waals surface area contributed by atoms with Gasteiger partial charge >= 0.3 is 0 Å². The van der Waals surface area contributed by atoms with Gasteiger partial charge in [-0.3, -0.25) is 0 Å². The smallest absolute Gasteiger partial charge is 0.0825 e. The van der Waals surface area contributed by atoms with Gasteiger partial charge in [-0.05, 0) is 85.7 Å². The molecule has 0 amide bonds. The Morgan fingerprint density at radius 2 is 1.88 bits per heavy atom. The molecule has 3 fully saturated rings. The topological polar surface area (TPSA) is 60.7 Å². The van der Waals surface area contributed by atoms with Gasteiger partial charge in [-0.2, -0.15) is 0 Å². The first-order valence-electron chi connectivity index (χ1n) is 13.2. The normalized spacial score (nSPS) is 36.9. The van der Waals surface area contributed by atoms with Crippen molar-refractivity contribution in [2.75, 3.05) is 0 Å². The lowest BCUT2D eigenvalue weighted by atomic mass is 9.61. The van der Waals surface area contributed by atoms with Crippen LogP contribution in [0.4, 0.5) is 0 Å². The van der Waals surface area contributed by atoms with Crippen LogP contribution in [0, 0.1) is 23.2 Å².